The third-order valence-corrected chi connectivity index (χ3v) is 2.31. The van der Waals surface area contributed by atoms with Gasteiger partial charge in [-0.1, -0.05) is 13.3 Å². The van der Waals surface area contributed by atoms with Crippen molar-refractivity contribution in [3.8, 4) is 0 Å². The molecule has 3 heteroatoms. The van der Waals surface area contributed by atoms with Crippen molar-refractivity contribution in [3.05, 3.63) is 0 Å². The zero-order chi connectivity index (χ0) is 8.97. The molecule has 1 aliphatic rings. The first-order valence-corrected chi connectivity index (χ1v) is 4.78. The number of guanidine groups is 1. The van der Waals surface area contributed by atoms with Gasteiger partial charge in [0.1, 0.15) is 0 Å². The fraction of sp³-hybridized carbons (Fsp3) is 0.889. The Balaban J connectivity index is 2.34. The number of hydrogen-bond donors (Lipinski definition) is 1. The van der Waals surface area contributed by atoms with Gasteiger partial charge in [-0.05, 0) is 6.42 Å². The van der Waals surface area contributed by atoms with Gasteiger partial charge in [-0.2, -0.15) is 0 Å². The zero-order valence-electron chi connectivity index (χ0n) is 8.43. The Hall–Kier alpha value is -0.730. The van der Waals surface area contributed by atoms with Gasteiger partial charge in [-0.3, -0.25) is 14.8 Å². The molecule has 0 radical (unpaired) electrons. The van der Waals surface area contributed by atoms with E-state index in [0.717, 1.165) is 19.6 Å². The normalized spacial score (nSPS) is 17.4. The van der Waals surface area contributed by atoms with Crippen LogP contribution in [0.25, 0.3) is 0 Å². The van der Waals surface area contributed by atoms with E-state index in [1.54, 1.807) is 0 Å². The van der Waals surface area contributed by atoms with Crippen LogP contribution in [0.5, 0.6) is 0 Å². The van der Waals surface area contributed by atoms with Gasteiger partial charge >= 0.3 is 5.96 Å². The molecule has 0 atom stereocenters. The lowest BCUT2D eigenvalue weighted by molar-refractivity contribution is -0.488. The average Bonchev–Trinajstić information content (AvgIpc) is 2.35. The number of likely N-dealkylation sites (N-methyl/N-ethyl adjacent to an activating group) is 2. The van der Waals surface area contributed by atoms with Crippen LogP contribution in [-0.2, 0) is 0 Å². The van der Waals surface area contributed by atoms with Gasteiger partial charge in [0.2, 0.25) is 0 Å². The molecule has 0 bridgehead atoms. The van der Waals surface area contributed by atoms with Crippen LogP contribution < -0.4 is 5.32 Å². The number of nitrogens with zero attached hydrogens (tertiary/aromatic N) is 2. The van der Waals surface area contributed by atoms with Crippen LogP contribution in [-0.4, -0.2) is 49.2 Å². The summed E-state index contributed by atoms with van der Waals surface area (Å²) in [5.74, 6) is 1.28. The molecule has 0 spiro atoms. The number of rotatable bonds is 3. The lowest BCUT2D eigenvalue weighted by Gasteiger charge is -2.07. The summed E-state index contributed by atoms with van der Waals surface area (Å²) < 4.78 is 2.27. The molecule has 70 valence electrons. The van der Waals surface area contributed by atoms with Gasteiger partial charge in [0.15, 0.2) is 0 Å². The smallest absolute Gasteiger partial charge is 0.278 e. The maximum Gasteiger partial charge on any atom is 0.347 e. The molecule has 1 rings (SSSR count). The fourth-order valence-electron chi connectivity index (χ4n) is 1.45. The Morgan fingerprint density at radius 3 is 2.83 bits per heavy atom. The topological polar surface area (TPSA) is 18.3 Å². The van der Waals surface area contributed by atoms with Crippen LogP contribution in [0, 0.1) is 0 Å². The molecule has 0 aromatic heterocycles. The number of unbranched alkanes of at least 4 members (excludes halogenated alkanes) is 1. The van der Waals surface area contributed by atoms with Crippen molar-refractivity contribution >= 4 is 5.96 Å². The van der Waals surface area contributed by atoms with Crippen LogP contribution in [0.1, 0.15) is 19.8 Å². The molecule has 1 aliphatic heterocycles. The van der Waals surface area contributed by atoms with E-state index in [9.17, 15) is 0 Å². The second-order valence-corrected chi connectivity index (χ2v) is 3.45. The summed E-state index contributed by atoms with van der Waals surface area (Å²) in [4.78, 5) is 2.27. The van der Waals surface area contributed by atoms with Gasteiger partial charge in [-0.25, -0.2) is 0 Å². The lowest BCUT2D eigenvalue weighted by Crippen LogP contribution is -2.38. The molecule has 0 saturated carbocycles. The Labute approximate surface area is 75.1 Å². The van der Waals surface area contributed by atoms with Crippen molar-refractivity contribution in [3.63, 3.8) is 0 Å². The third-order valence-electron chi connectivity index (χ3n) is 2.31. The number of nitrogens with one attached hydrogen (secondary N) is 1. The minimum Gasteiger partial charge on any atom is -0.278 e. The summed E-state index contributed by atoms with van der Waals surface area (Å²) in [5, 5.41) is 3.45. The standard InChI is InChI=1S/C9H19N3/c1-4-5-6-10-9-11(2)7-8-12(9)3/h4-8H2,1-3H3/p+1. The molecule has 1 N–H and O–H groups in total. The maximum absolute atomic E-state index is 3.45. The van der Waals surface area contributed by atoms with Crippen LogP contribution in [0.3, 0.4) is 0 Å². The van der Waals surface area contributed by atoms with E-state index >= 15 is 0 Å². The highest BCUT2D eigenvalue weighted by atomic mass is 15.4. The van der Waals surface area contributed by atoms with E-state index in [1.165, 1.54) is 18.8 Å². The molecular formula is C9H20N3+. The lowest BCUT2D eigenvalue weighted by atomic mass is 10.3. The molecule has 0 fully saturated rings. The van der Waals surface area contributed by atoms with Crippen molar-refractivity contribution in [2.24, 2.45) is 0 Å². The van der Waals surface area contributed by atoms with Crippen LogP contribution in [0.15, 0.2) is 0 Å². The summed E-state index contributed by atoms with van der Waals surface area (Å²) in [6.07, 6.45) is 2.51. The minimum absolute atomic E-state index is 1.10. The quantitative estimate of drug-likeness (QED) is 0.486. The van der Waals surface area contributed by atoms with E-state index in [0.29, 0.717) is 0 Å². The first kappa shape index (κ1) is 9.36. The fourth-order valence-corrected chi connectivity index (χ4v) is 1.45. The van der Waals surface area contributed by atoms with Gasteiger partial charge in [0.25, 0.3) is 0 Å². The molecule has 12 heavy (non-hydrogen) atoms. The van der Waals surface area contributed by atoms with Gasteiger partial charge in [0.05, 0.1) is 33.7 Å². The van der Waals surface area contributed by atoms with E-state index in [-0.39, 0.29) is 0 Å². The molecule has 3 nitrogen and oxygen atoms in total. The Kier molecular flexibility index (Phi) is 3.38. The Bertz CT molecular complexity index is 175. The summed E-state index contributed by atoms with van der Waals surface area (Å²) in [7, 11) is 4.27. The van der Waals surface area contributed by atoms with E-state index in [4.69, 9.17) is 0 Å². The van der Waals surface area contributed by atoms with Crippen molar-refractivity contribution in [1.29, 1.82) is 0 Å². The molecule has 1 heterocycles. The first-order chi connectivity index (χ1) is 5.75. The van der Waals surface area contributed by atoms with Crippen molar-refractivity contribution in [2.75, 3.05) is 33.7 Å². The SMILES string of the molecule is CCCCNC1=[N+](C)CCN1C. The highest BCUT2D eigenvalue weighted by Gasteiger charge is 2.22. The average molecular weight is 170 g/mol. The molecular weight excluding hydrogens is 150 g/mol. The molecule has 0 aromatic rings. The first-order valence-electron chi connectivity index (χ1n) is 4.78. The highest BCUT2D eigenvalue weighted by Crippen LogP contribution is 1.94. The second-order valence-electron chi connectivity index (χ2n) is 3.45. The summed E-state index contributed by atoms with van der Waals surface area (Å²) in [5.41, 5.74) is 0. The molecule has 0 saturated heterocycles. The van der Waals surface area contributed by atoms with E-state index in [2.05, 4.69) is 35.8 Å². The number of hydrogen-bond acceptors (Lipinski definition) is 2. The molecule has 0 aromatic carbocycles. The molecule has 0 unspecified atom stereocenters. The summed E-state index contributed by atoms with van der Waals surface area (Å²) >= 11 is 0. The predicted octanol–water partition coefficient (Wildman–Crippen LogP) is 0.320. The monoisotopic (exact) mass is 170 g/mol. The highest BCUT2D eigenvalue weighted by molar-refractivity contribution is 5.75. The maximum atomic E-state index is 3.45. The molecule has 0 amide bonds. The predicted molar refractivity (Wildman–Crippen MR) is 51.6 cm³/mol. The molecule has 0 aliphatic carbocycles. The van der Waals surface area contributed by atoms with Crippen LogP contribution in [0.2, 0.25) is 0 Å². The Morgan fingerprint density at radius 1 is 1.58 bits per heavy atom. The largest absolute Gasteiger partial charge is 0.347 e. The Morgan fingerprint density at radius 2 is 2.33 bits per heavy atom. The third kappa shape index (κ3) is 2.13. The van der Waals surface area contributed by atoms with Gasteiger partial charge in [0, 0.05) is 0 Å². The van der Waals surface area contributed by atoms with Gasteiger partial charge < -0.3 is 0 Å². The second kappa shape index (κ2) is 4.33. The van der Waals surface area contributed by atoms with Crippen molar-refractivity contribution < 1.29 is 4.58 Å². The van der Waals surface area contributed by atoms with E-state index in [1.807, 2.05) is 0 Å². The summed E-state index contributed by atoms with van der Waals surface area (Å²) in [6, 6.07) is 0. The van der Waals surface area contributed by atoms with Gasteiger partial charge in [-0.15, -0.1) is 0 Å². The van der Waals surface area contributed by atoms with Crippen molar-refractivity contribution in [1.82, 2.24) is 10.2 Å². The van der Waals surface area contributed by atoms with Crippen LogP contribution >= 0.6 is 0 Å². The minimum atomic E-state index is 1.10. The van der Waals surface area contributed by atoms with Crippen LogP contribution in [0.4, 0.5) is 0 Å². The zero-order valence-corrected chi connectivity index (χ0v) is 8.43. The van der Waals surface area contributed by atoms with E-state index < -0.39 is 0 Å². The van der Waals surface area contributed by atoms with Crippen molar-refractivity contribution in [2.45, 2.75) is 19.8 Å². The summed E-state index contributed by atoms with van der Waals surface area (Å²) in [6.45, 7) is 5.60.